The van der Waals surface area contributed by atoms with Gasteiger partial charge in [-0.05, 0) is 12.8 Å². The molecule has 1 atom stereocenters. The van der Waals surface area contributed by atoms with Crippen LogP contribution in [0.1, 0.15) is 19.7 Å². The first-order valence-corrected chi connectivity index (χ1v) is 7.42. The van der Waals surface area contributed by atoms with Crippen LogP contribution in [0.5, 0.6) is 0 Å². The van der Waals surface area contributed by atoms with E-state index < -0.39 is 0 Å². The van der Waals surface area contributed by atoms with Crippen LogP contribution in [0.4, 0.5) is 0 Å². The van der Waals surface area contributed by atoms with E-state index in [-0.39, 0.29) is 11.9 Å². The predicted molar refractivity (Wildman–Crippen MR) is 79.4 cm³/mol. The quantitative estimate of drug-likeness (QED) is 0.825. The van der Waals surface area contributed by atoms with Crippen LogP contribution in [0.15, 0.2) is 12.4 Å². The van der Waals surface area contributed by atoms with Gasteiger partial charge >= 0.3 is 0 Å². The van der Waals surface area contributed by atoms with Crippen molar-refractivity contribution in [2.75, 3.05) is 26.2 Å². The van der Waals surface area contributed by atoms with Crippen LogP contribution in [0.3, 0.4) is 0 Å². The summed E-state index contributed by atoms with van der Waals surface area (Å²) < 4.78 is 1.86. The third-order valence-electron chi connectivity index (χ3n) is 4.05. The molecule has 1 fully saturated rings. The van der Waals surface area contributed by atoms with Crippen molar-refractivity contribution in [2.24, 2.45) is 5.92 Å². The smallest absolute Gasteiger partial charge is 0.242 e. The van der Waals surface area contributed by atoms with E-state index in [0.29, 0.717) is 25.6 Å². The SMILES string of the molecule is Cc1nccn1CC(=O)N1CCN(C(C#N)C(C)C)CC1. The lowest BCUT2D eigenvalue weighted by molar-refractivity contribution is -0.133. The Hall–Kier alpha value is -1.87. The van der Waals surface area contributed by atoms with Crippen LogP contribution >= 0.6 is 0 Å². The van der Waals surface area contributed by atoms with Gasteiger partial charge in [0.05, 0.1) is 6.07 Å². The van der Waals surface area contributed by atoms with Crippen LogP contribution in [-0.2, 0) is 11.3 Å². The number of nitriles is 1. The van der Waals surface area contributed by atoms with Gasteiger partial charge < -0.3 is 9.47 Å². The van der Waals surface area contributed by atoms with E-state index in [4.69, 9.17) is 0 Å². The summed E-state index contributed by atoms with van der Waals surface area (Å²) in [6.45, 7) is 9.29. The number of imidazole rings is 1. The average molecular weight is 289 g/mol. The zero-order valence-corrected chi connectivity index (χ0v) is 13.0. The molecule has 0 radical (unpaired) electrons. The van der Waals surface area contributed by atoms with Crippen molar-refractivity contribution in [3.05, 3.63) is 18.2 Å². The molecule has 0 bridgehead atoms. The molecule has 2 rings (SSSR count). The number of nitrogens with zero attached hydrogens (tertiary/aromatic N) is 5. The van der Waals surface area contributed by atoms with Gasteiger partial charge in [-0.2, -0.15) is 5.26 Å². The number of hydrogen-bond acceptors (Lipinski definition) is 4. The Kier molecular flexibility index (Phi) is 4.97. The van der Waals surface area contributed by atoms with Crippen molar-refractivity contribution in [1.82, 2.24) is 19.4 Å². The Morgan fingerprint density at radius 1 is 1.38 bits per heavy atom. The molecule has 0 spiro atoms. The Bertz CT molecular complexity index is 522. The number of aryl methyl sites for hydroxylation is 1. The highest BCUT2D eigenvalue weighted by Crippen LogP contribution is 2.13. The maximum absolute atomic E-state index is 12.3. The van der Waals surface area contributed by atoms with Gasteiger partial charge in [-0.1, -0.05) is 13.8 Å². The van der Waals surface area contributed by atoms with E-state index >= 15 is 0 Å². The maximum atomic E-state index is 12.3. The molecule has 0 saturated carbocycles. The highest BCUT2D eigenvalue weighted by molar-refractivity contribution is 5.76. The Morgan fingerprint density at radius 2 is 2.05 bits per heavy atom. The Labute approximate surface area is 126 Å². The zero-order valence-electron chi connectivity index (χ0n) is 13.0. The fraction of sp³-hybridized carbons (Fsp3) is 0.667. The summed E-state index contributed by atoms with van der Waals surface area (Å²) in [4.78, 5) is 20.5. The van der Waals surface area contributed by atoms with Crippen LogP contribution < -0.4 is 0 Å². The standard InChI is InChI=1S/C15H23N5O/c1-12(2)14(10-16)18-6-8-19(9-7-18)15(21)11-20-5-4-17-13(20)3/h4-5,12,14H,6-9,11H2,1-3H3. The molecule has 1 saturated heterocycles. The number of carbonyl (C=O) groups excluding carboxylic acids is 1. The number of aromatic nitrogens is 2. The van der Waals surface area contributed by atoms with Gasteiger partial charge in [0.2, 0.25) is 5.91 Å². The second kappa shape index (κ2) is 6.72. The minimum atomic E-state index is -0.0573. The van der Waals surface area contributed by atoms with E-state index in [9.17, 15) is 10.1 Å². The first-order valence-electron chi connectivity index (χ1n) is 7.42. The van der Waals surface area contributed by atoms with Crippen molar-refractivity contribution < 1.29 is 4.79 Å². The highest BCUT2D eigenvalue weighted by atomic mass is 16.2. The topological polar surface area (TPSA) is 65.2 Å². The fourth-order valence-electron chi connectivity index (χ4n) is 2.72. The van der Waals surface area contributed by atoms with Crippen LogP contribution in [0, 0.1) is 24.2 Å². The molecule has 2 heterocycles. The molecule has 0 aliphatic carbocycles. The molecule has 1 aromatic heterocycles. The number of hydrogen-bond donors (Lipinski definition) is 0. The summed E-state index contributed by atoms with van der Waals surface area (Å²) in [5, 5.41) is 9.24. The minimum absolute atomic E-state index is 0.0573. The van der Waals surface area contributed by atoms with Gasteiger partial charge in [0.25, 0.3) is 0 Å². The Morgan fingerprint density at radius 3 is 2.52 bits per heavy atom. The number of rotatable bonds is 4. The van der Waals surface area contributed by atoms with E-state index in [1.807, 2.05) is 22.6 Å². The molecule has 1 aliphatic rings. The maximum Gasteiger partial charge on any atom is 0.242 e. The van der Waals surface area contributed by atoms with E-state index in [1.165, 1.54) is 0 Å². The molecule has 1 amide bonds. The molecule has 1 aromatic rings. The van der Waals surface area contributed by atoms with Crippen LogP contribution in [0.25, 0.3) is 0 Å². The number of piperazine rings is 1. The lowest BCUT2D eigenvalue weighted by Gasteiger charge is -2.38. The summed E-state index contributed by atoms with van der Waals surface area (Å²) in [6.07, 6.45) is 3.54. The minimum Gasteiger partial charge on any atom is -0.339 e. The zero-order chi connectivity index (χ0) is 15.4. The summed E-state index contributed by atoms with van der Waals surface area (Å²) in [7, 11) is 0. The van der Waals surface area contributed by atoms with E-state index in [1.54, 1.807) is 6.20 Å². The molecule has 21 heavy (non-hydrogen) atoms. The normalized spacial score (nSPS) is 17.8. The third-order valence-corrected chi connectivity index (χ3v) is 4.05. The molecule has 1 aliphatic heterocycles. The molecule has 6 heteroatoms. The molecule has 1 unspecified atom stereocenters. The van der Waals surface area contributed by atoms with Gasteiger partial charge in [-0.15, -0.1) is 0 Å². The molecule has 0 N–H and O–H groups in total. The van der Waals surface area contributed by atoms with Gasteiger partial charge in [-0.3, -0.25) is 9.69 Å². The Balaban J connectivity index is 1.88. The number of carbonyl (C=O) groups is 1. The summed E-state index contributed by atoms with van der Waals surface area (Å²) in [5.74, 6) is 1.28. The van der Waals surface area contributed by atoms with Crippen molar-refractivity contribution in [1.29, 1.82) is 5.26 Å². The summed E-state index contributed by atoms with van der Waals surface area (Å²) in [5.41, 5.74) is 0. The van der Waals surface area contributed by atoms with Gasteiger partial charge in [0.1, 0.15) is 18.4 Å². The van der Waals surface area contributed by atoms with Crippen molar-refractivity contribution in [3.63, 3.8) is 0 Å². The third kappa shape index (κ3) is 3.61. The van der Waals surface area contributed by atoms with E-state index in [2.05, 4.69) is 29.8 Å². The van der Waals surface area contributed by atoms with Gasteiger partial charge in [0, 0.05) is 38.6 Å². The molecule has 6 nitrogen and oxygen atoms in total. The second-order valence-corrected chi connectivity index (χ2v) is 5.84. The fourth-order valence-corrected chi connectivity index (χ4v) is 2.72. The molecule has 0 aromatic carbocycles. The average Bonchev–Trinajstić information content (AvgIpc) is 2.85. The second-order valence-electron chi connectivity index (χ2n) is 5.84. The van der Waals surface area contributed by atoms with Gasteiger partial charge in [0.15, 0.2) is 0 Å². The van der Waals surface area contributed by atoms with E-state index in [0.717, 1.165) is 18.9 Å². The molecular formula is C15H23N5O. The predicted octanol–water partition coefficient (Wildman–Crippen LogP) is 0.884. The lowest BCUT2D eigenvalue weighted by Crippen LogP contribution is -2.53. The van der Waals surface area contributed by atoms with Crippen molar-refractivity contribution in [2.45, 2.75) is 33.4 Å². The molecule has 114 valence electrons. The van der Waals surface area contributed by atoms with Gasteiger partial charge in [-0.25, -0.2) is 4.98 Å². The van der Waals surface area contributed by atoms with Crippen LogP contribution in [0.2, 0.25) is 0 Å². The highest BCUT2D eigenvalue weighted by Gasteiger charge is 2.27. The van der Waals surface area contributed by atoms with Crippen molar-refractivity contribution >= 4 is 5.91 Å². The molecular weight excluding hydrogens is 266 g/mol. The summed E-state index contributed by atoms with van der Waals surface area (Å²) >= 11 is 0. The monoisotopic (exact) mass is 289 g/mol. The largest absolute Gasteiger partial charge is 0.339 e. The first kappa shape index (κ1) is 15.5. The first-order chi connectivity index (χ1) is 10.0. The summed E-state index contributed by atoms with van der Waals surface area (Å²) in [6, 6.07) is 2.31. The van der Waals surface area contributed by atoms with Crippen molar-refractivity contribution in [3.8, 4) is 6.07 Å². The number of amides is 1. The van der Waals surface area contributed by atoms with Crippen LogP contribution in [-0.4, -0.2) is 57.5 Å². The lowest BCUT2D eigenvalue weighted by atomic mass is 10.0.